The first-order chi connectivity index (χ1) is 10.7. The van der Waals surface area contributed by atoms with E-state index in [2.05, 4.69) is 9.80 Å². The van der Waals surface area contributed by atoms with E-state index in [1.807, 2.05) is 18.2 Å². The van der Waals surface area contributed by atoms with Gasteiger partial charge in [0.25, 0.3) is 0 Å². The Balaban J connectivity index is 1.53. The summed E-state index contributed by atoms with van der Waals surface area (Å²) in [5.41, 5.74) is 1.12. The molecule has 2 aliphatic heterocycles. The summed E-state index contributed by atoms with van der Waals surface area (Å²) in [4.78, 5) is 5.10. The molecule has 1 unspecified atom stereocenters. The monoisotopic (exact) mass is 342 g/mol. The van der Waals surface area contributed by atoms with Crippen LogP contribution in [0.15, 0.2) is 18.2 Å². The molecule has 2 aliphatic rings. The maximum Gasteiger partial charge on any atom is 0.0952 e. The molecule has 22 heavy (non-hydrogen) atoms. The van der Waals surface area contributed by atoms with Gasteiger partial charge < -0.3 is 9.64 Å². The Labute approximate surface area is 143 Å². The summed E-state index contributed by atoms with van der Waals surface area (Å²) < 4.78 is 5.92. The summed E-state index contributed by atoms with van der Waals surface area (Å²) in [5.74, 6) is 0. The van der Waals surface area contributed by atoms with E-state index in [-0.39, 0.29) is 6.10 Å². The van der Waals surface area contributed by atoms with Gasteiger partial charge in [0, 0.05) is 26.2 Å². The lowest BCUT2D eigenvalue weighted by Gasteiger charge is -2.35. The Bertz CT molecular complexity index is 492. The first-order valence-electron chi connectivity index (χ1n) is 8.23. The smallest absolute Gasteiger partial charge is 0.0952 e. The van der Waals surface area contributed by atoms with Gasteiger partial charge >= 0.3 is 0 Å². The van der Waals surface area contributed by atoms with E-state index in [9.17, 15) is 0 Å². The van der Waals surface area contributed by atoms with Crippen LogP contribution in [0.25, 0.3) is 0 Å². The molecular formula is C17H24Cl2N2O. The zero-order valence-corrected chi connectivity index (χ0v) is 14.5. The second-order valence-electron chi connectivity index (χ2n) is 6.24. The lowest BCUT2D eigenvalue weighted by molar-refractivity contribution is -0.0324. The number of nitrogens with zero attached hydrogens (tertiary/aromatic N) is 2. The van der Waals surface area contributed by atoms with Gasteiger partial charge in [-0.15, -0.1) is 0 Å². The van der Waals surface area contributed by atoms with E-state index < -0.39 is 0 Å². The van der Waals surface area contributed by atoms with E-state index in [1.54, 1.807) is 0 Å². The fraction of sp³-hybridized carbons (Fsp3) is 0.647. The van der Waals surface area contributed by atoms with Crippen molar-refractivity contribution in [1.82, 2.24) is 9.80 Å². The molecule has 122 valence electrons. The first kappa shape index (κ1) is 16.5. The highest BCUT2D eigenvalue weighted by atomic mass is 35.5. The number of ether oxygens (including phenoxy) is 1. The van der Waals surface area contributed by atoms with Crippen molar-refractivity contribution in [3.63, 3.8) is 0 Å². The first-order valence-corrected chi connectivity index (χ1v) is 8.99. The zero-order valence-electron chi connectivity index (χ0n) is 12.9. The summed E-state index contributed by atoms with van der Waals surface area (Å²) in [5, 5.41) is 1.20. The summed E-state index contributed by atoms with van der Waals surface area (Å²) in [6, 6.07) is 5.81. The Kier molecular flexibility index (Phi) is 6.00. The van der Waals surface area contributed by atoms with Crippen LogP contribution in [-0.2, 0) is 4.74 Å². The summed E-state index contributed by atoms with van der Waals surface area (Å²) in [6.45, 7) is 7.57. The van der Waals surface area contributed by atoms with E-state index >= 15 is 0 Å². The molecule has 0 aromatic heterocycles. The normalized spacial score (nSPS) is 24.5. The Morgan fingerprint density at radius 3 is 2.50 bits per heavy atom. The molecule has 2 fully saturated rings. The van der Waals surface area contributed by atoms with Crippen molar-refractivity contribution in [2.45, 2.75) is 25.4 Å². The predicted molar refractivity (Wildman–Crippen MR) is 91.9 cm³/mol. The van der Waals surface area contributed by atoms with Crippen molar-refractivity contribution in [3.8, 4) is 0 Å². The summed E-state index contributed by atoms with van der Waals surface area (Å²) in [7, 11) is 0. The van der Waals surface area contributed by atoms with Gasteiger partial charge in [0.05, 0.1) is 22.8 Å². The van der Waals surface area contributed by atoms with Crippen LogP contribution in [0.3, 0.4) is 0 Å². The molecule has 0 N–H and O–H groups in total. The van der Waals surface area contributed by atoms with Crippen LogP contribution in [0.5, 0.6) is 0 Å². The van der Waals surface area contributed by atoms with Crippen LogP contribution in [0.1, 0.15) is 30.9 Å². The number of morpholine rings is 1. The van der Waals surface area contributed by atoms with Crippen molar-refractivity contribution in [2.75, 3.05) is 45.9 Å². The van der Waals surface area contributed by atoms with Crippen molar-refractivity contribution < 1.29 is 4.74 Å². The average Bonchev–Trinajstić information content (AvgIpc) is 2.57. The van der Waals surface area contributed by atoms with Crippen molar-refractivity contribution >= 4 is 23.2 Å². The molecule has 0 radical (unpaired) electrons. The van der Waals surface area contributed by atoms with Crippen molar-refractivity contribution in [3.05, 3.63) is 33.8 Å². The maximum atomic E-state index is 6.12. The number of piperidine rings is 1. The minimum Gasteiger partial charge on any atom is -0.371 e. The summed E-state index contributed by atoms with van der Waals surface area (Å²) in [6.07, 6.45) is 4.21. The Morgan fingerprint density at radius 1 is 0.955 bits per heavy atom. The number of rotatable bonds is 4. The van der Waals surface area contributed by atoms with E-state index in [1.165, 1.54) is 38.9 Å². The lowest BCUT2D eigenvalue weighted by Crippen LogP contribution is -2.43. The molecule has 1 aromatic rings. The van der Waals surface area contributed by atoms with Crippen LogP contribution in [0, 0.1) is 0 Å². The highest BCUT2D eigenvalue weighted by molar-refractivity contribution is 6.42. The zero-order chi connectivity index (χ0) is 15.4. The van der Waals surface area contributed by atoms with E-state index in [4.69, 9.17) is 27.9 Å². The van der Waals surface area contributed by atoms with Gasteiger partial charge in [0.15, 0.2) is 0 Å². The minimum absolute atomic E-state index is 0.102. The molecule has 0 saturated carbocycles. The van der Waals surface area contributed by atoms with Gasteiger partial charge in [-0.2, -0.15) is 0 Å². The van der Waals surface area contributed by atoms with E-state index in [0.717, 1.165) is 31.8 Å². The second kappa shape index (κ2) is 7.98. The topological polar surface area (TPSA) is 15.7 Å². The molecular weight excluding hydrogens is 319 g/mol. The maximum absolute atomic E-state index is 6.12. The standard InChI is InChI=1S/C17H24Cl2N2O/c18-15-5-4-14(12-16(15)19)17-13-21(10-11-22-17)9-8-20-6-2-1-3-7-20/h4-5,12,17H,1-3,6-11,13H2. The third-order valence-electron chi connectivity index (χ3n) is 4.65. The largest absolute Gasteiger partial charge is 0.371 e. The second-order valence-corrected chi connectivity index (χ2v) is 7.05. The van der Waals surface area contributed by atoms with Crippen LogP contribution in [0.4, 0.5) is 0 Å². The molecule has 2 heterocycles. The van der Waals surface area contributed by atoms with Gasteiger partial charge in [0.1, 0.15) is 0 Å². The van der Waals surface area contributed by atoms with Gasteiger partial charge in [-0.3, -0.25) is 4.90 Å². The van der Waals surface area contributed by atoms with Crippen LogP contribution >= 0.6 is 23.2 Å². The fourth-order valence-electron chi connectivity index (χ4n) is 3.29. The van der Waals surface area contributed by atoms with E-state index in [0.29, 0.717) is 10.0 Å². The Hall–Kier alpha value is -0.320. The quantitative estimate of drug-likeness (QED) is 0.826. The van der Waals surface area contributed by atoms with Crippen LogP contribution < -0.4 is 0 Å². The average molecular weight is 343 g/mol. The molecule has 5 heteroatoms. The molecule has 0 aliphatic carbocycles. The number of likely N-dealkylation sites (tertiary alicyclic amines) is 1. The van der Waals surface area contributed by atoms with Gasteiger partial charge in [0.2, 0.25) is 0 Å². The highest BCUT2D eigenvalue weighted by Crippen LogP contribution is 2.29. The molecule has 0 spiro atoms. The van der Waals surface area contributed by atoms with Crippen LogP contribution in [0.2, 0.25) is 10.0 Å². The Morgan fingerprint density at radius 2 is 1.73 bits per heavy atom. The fourth-order valence-corrected chi connectivity index (χ4v) is 3.59. The molecule has 0 amide bonds. The number of hydrogen-bond acceptors (Lipinski definition) is 3. The third kappa shape index (κ3) is 4.36. The van der Waals surface area contributed by atoms with Gasteiger partial charge in [-0.05, 0) is 43.6 Å². The number of hydrogen-bond donors (Lipinski definition) is 0. The van der Waals surface area contributed by atoms with Crippen LogP contribution in [-0.4, -0.2) is 55.7 Å². The molecule has 1 aromatic carbocycles. The van der Waals surface area contributed by atoms with Gasteiger partial charge in [-0.1, -0.05) is 35.7 Å². The molecule has 1 atom stereocenters. The number of benzene rings is 1. The van der Waals surface area contributed by atoms with Crippen molar-refractivity contribution in [2.24, 2.45) is 0 Å². The summed E-state index contributed by atoms with van der Waals surface area (Å²) >= 11 is 12.1. The lowest BCUT2D eigenvalue weighted by atomic mass is 10.1. The van der Waals surface area contributed by atoms with Crippen molar-refractivity contribution in [1.29, 1.82) is 0 Å². The molecule has 0 bridgehead atoms. The minimum atomic E-state index is 0.102. The number of halogens is 2. The molecule has 2 saturated heterocycles. The molecule has 3 rings (SSSR count). The SMILES string of the molecule is Clc1ccc(C2CN(CCN3CCCCC3)CCO2)cc1Cl. The molecule has 3 nitrogen and oxygen atoms in total. The third-order valence-corrected chi connectivity index (χ3v) is 5.39. The highest BCUT2D eigenvalue weighted by Gasteiger charge is 2.23. The predicted octanol–water partition coefficient (Wildman–Crippen LogP) is 3.85. The van der Waals surface area contributed by atoms with Gasteiger partial charge in [-0.25, -0.2) is 0 Å².